The highest BCUT2D eigenvalue weighted by molar-refractivity contribution is 7.85. The summed E-state index contributed by atoms with van der Waals surface area (Å²) in [5, 5.41) is 1.13. The van der Waals surface area contributed by atoms with E-state index in [1.165, 1.54) is 0 Å². The van der Waals surface area contributed by atoms with E-state index in [0.717, 1.165) is 10.5 Å². The Hall–Kier alpha value is -1.36. The molecule has 0 heterocycles. The number of amides is 1. The molecule has 0 spiro atoms. The van der Waals surface area contributed by atoms with Gasteiger partial charge >= 0.3 is 0 Å². The zero-order valence-electron chi connectivity index (χ0n) is 14.6. The Morgan fingerprint density at radius 2 is 1.64 bits per heavy atom. The van der Waals surface area contributed by atoms with Crippen LogP contribution in [0.3, 0.4) is 0 Å². The lowest BCUT2D eigenvalue weighted by atomic mass is 10.1. The Kier molecular flexibility index (Phi) is 6.66. The van der Waals surface area contributed by atoms with Gasteiger partial charge in [-0.1, -0.05) is 43.1 Å². The first-order valence-corrected chi connectivity index (χ1v) is 9.92. The largest absolute Gasteiger partial charge is 0.335 e. The molecule has 0 saturated heterocycles. The van der Waals surface area contributed by atoms with E-state index in [9.17, 15) is 9.00 Å². The molecule has 0 radical (unpaired) electrons. The number of halogens is 2. The molecule has 0 aromatic heterocycles. The number of rotatable bonds is 5. The lowest BCUT2D eigenvalue weighted by Crippen LogP contribution is -2.29. The normalized spacial score (nSPS) is 13.6. The van der Waals surface area contributed by atoms with E-state index >= 15 is 0 Å². The van der Waals surface area contributed by atoms with Crippen molar-refractivity contribution >= 4 is 39.9 Å². The number of carbonyl (C=O) groups is 1. The molecule has 2 atom stereocenters. The molecule has 3 nitrogen and oxygen atoms in total. The summed E-state index contributed by atoms with van der Waals surface area (Å²) in [6, 6.07) is 12.0. The zero-order chi connectivity index (χ0) is 18.7. The van der Waals surface area contributed by atoms with Gasteiger partial charge in [0, 0.05) is 32.8 Å². The minimum Gasteiger partial charge on any atom is -0.335 e. The molecule has 0 aliphatic heterocycles. The standard InChI is InChI=1S/C19H21Cl2NO2S/c1-12(2)25(24)16-8-5-14(6-9-16)19(23)22(4)13(3)17-10-7-15(20)11-18(17)21/h5-13H,1-4H3. The van der Waals surface area contributed by atoms with Crippen LogP contribution in [-0.4, -0.2) is 27.3 Å². The van der Waals surface area contributed by atoms with E-state index in [2.05, 4.69) is 0 Å². The third-order valence-corrected chi connectivity index (χ3v) is 6.23. The lowest BCUT2D eigenvalue weighted by molar-refractivity contribution is 0.0742. The average Bonchev–Trinajstić information content (AvgIpc) is 2.59. The first-order chi connectivity index (χ1) is 11.7. The summed E-state index contributed by atoms with van der Waals surface area (Å²) in [6.45, 7) is 5.72. The summed E-state index contributed by atoms with van der Waals surface area (Å²) < 4.78 is 12.1. The molecule has 2 rings (SSSR count). The number of carbonyl (C=O) groups excluding carboxylic acids is 1. The topological polar surface area (TPSA) is 37.4 Å². The van der Waals surface area contributed by atoms with Crippen molar-refractivity contribution in [2.45, 2.75) is 37.0 Å². The van der Waals surface area contributed by atoms with Crippen LogP contribution in [0.5, 0.6) is 0 Å². The van der Waals surface area contributed by atoms with E-state index in [0.29, 0.717) is 15.6 Å². The Morgan fingerprint density at radius 3 is 2.16 bits per heavy atom. The van der Waals surface area contributed by atoms with Gasteiger partial charge in [-0.25, -0.2) is 0 Å². The molecule has 2 aromatic carbocycles. The summed E-state index contributed by atoms with van der Waals surface area (Å²) >= 11 is 12.2. The monoisotopic (exact) mass is 397 g/mol. The Morgan fingerprint density at radius 1 is 1.04 bits per heavy atom. The summed E-state index contributed by atoms with van der Waals surface area (Å²) in [4.78, 5) is 15.1. The van der Waals surface area contributed by atoms with Crippen LogP contribution in [0.15, 0.2) is 47.4 Å². The van der Waals surface area contributed by atoms with E-state index in [4.69, 9.17) is 23.2 Å². The van der Waals surface area contributed by atoms with Crippen molar-refractivity contribution in [1.29, 1.82) is 0 Å². The molecule has 0 aliphatic rings. The third-order valence-electron chi connectivity index (χ3n) is 4.08. The van der Waals surface area contributed by atoms with Crippen molar-refractivity contribution in [2.24, 2.45) is 0 Å². The van der Waals surface area contributed by atoms with E-state index in [-0.39, 0.29) is 17.2 Å². The van der Waals surface area contributed by atoms with Crippen LogP contribution in [0.4, 0.5) is 0 Å². The quantitative estimate of drug-likeness (QED) is 0.682. The SMILES string of the molecule is CC(c1ccc(Cl)cc1Cl)N(C)C(=O)c1ccc(S(=O)C(C)C)cc1. The second-order valence-electron chi connectivity index (χ2n) is 6.13. The highest BCUT2D eigenvalue weighted by Gasteiger charge is 2.21. The zero-order valence-corrected chi connectivity index (χ0v) is 17.0. The molecule has 2 aromatic rings. The number of benzene rings is 2. The number of nitrogens with zero attached hydrogens (tertiary/aromatic N) is 1. The molecule has 6 heteroatoms. The van der Waals surface area contributed by atoms with Crippen molar-refractivity contribution in [1.82, 2.24) is 4.90 Å². The van der Waals surface area contributed by atoms with E-state index < -0.39 is 10.8 Å². The maximum Gasteiger partial charge on any atom is 0.254 e. The van der Waals surface area contributed by atoms with Crippen molar-refractivity contribution in [2.75, 3.05) is 7.05 Å². The smallest absolute Gasteiger partial charge is 0.254 e. The molecule has 134 valence electrons. The maximum absolute atomic E-state index is 12.7. The minimum absolute atomic E-state index is 0.0382. The molecule has 0 aliphatic carbocycles. The van der Waals surface area contributed by atoms with Gasteiger partial charge in [-0.15, -0.1) is 0 Å². The molecule has 0 fully saturated rings. The molecule has 2 unspecified atom stereocenters. The summed E-state index contributed by atoms with van der Waals surface area (Å²) in [5.74, 6) is -0.125. The van der Waals surface area contributed by atoms with E-state index in [1.807, 2.05) is 26.8 Å². The highest BCUT2D eigenvalue weighted by atomic mass is 35.5. The van der Waals surface area contributed by atoms with Crippen molar-refractivity contribution in [3.8, 4) is 0 Å². The molecule has 1 amide bonds. The molecule has 25 heavy (non-hydrogen) atoms. The van der Waals surface area contributed by atoms with Crippen LogP contribution in [0.2, 0.25) is 10.0 Å². The molecular weight excluding hydrogens is 377 g/mol. The summed E-state index contributed by atoms with van der Waals surface area (Å²) in [5.41, 5.74) is 1.38. The van der Waals surface area contributed by atoms with Gasteiger partial charge < -0.3 is 4.90 Å². The number of hydrogen-bond donors (Lipinski definition) is 0. The first kappa shape index (κ1) is 20.0. The van der Waals surface area contributed by atoms with Crippen LogP contribution in [0.25, 0.3) is 0 Å². The second-order valence-corrected chi connectivity index (χ2v) is 8.98. The Balaban J connectivity index is 2.20. The minimum atomic E-state index is -1.07. The van der Waals surface area contributed by atoms with Crippen molar-refractivity contribution < 1.29 is 9.00 Å². The van der Waals surface area contributed by atoms with Crippen LogP contribution in [-0.2, 0) is 10.8 Å². The van der Waals surface area contributed by atoms with Gasteiger partial charge in [-0.2, -0.15) is 0 Å². The van der Waals surface area contributed by atoms with Crippen molar-refractivity contribution in [3.05, 3.63) is 63.6 Å². The summed E-state index contributed by atoms with van der Waals surface area (Å²) in [6.07, 6.45) is 0. The van der Waals surface area contributed by atoms with Gasteiger partial charge in [0.05, 0.1) is 16.8 Å². The van der Waals surface area contributed by atoms with Crippen LogP contribution in [0.1, 0.15) is 42.7 Å². The predicted octanol–water partition coefficient (Wildman–Crippen LogP) is 5.34. The molecule has 0 N–H and O–H groups in total. The molecule has 0 bridgehead atoms. The first-order valence-electron chi connectivity index (χ1n) is 7.95. The maximum atomic E-state index is 12.7. The van der Waals surface area contributed by atoms with Gasteiger partial charge in [0.15, 0.2) is 0 Å². The highest BCUT2D eigenvalue weighted by Crippen LogP contribution is 2.29. The lowest BCUT2D eigenvalue weighted by Gasteiger charge is -2.26. The van der Waals surface area contributed by atoms with Gasteiger partial charge in [-0.05, 0) is 48.9 Å². The molecule has 0 saturated carbocycles. The second kappa shape index (κ2) is 8.35. The third kappa shape index (κ3) is 4.63. The van der Waals surface area contributed by atoms with Crippen LogP contribution >= 0.6 is 23.2 Å². The Labute approximate surface area is 161 Å². The van der Waals surface area contributed by atoms with Gasteiger partial charge in [0.2, 0.25) is 0 Å². The van der Waals surface area contributed by atoms with Crippen molar-refractivity contribution in [3.63, 3.8) is 0 Å². The fourth-order valence-electron chi connectivity index (χ4n) is 2.43. The van der Waals surface area contributed by atoms with Gasteiger partial charge in [-0.3, -0.25) is 9.00 Å². The van der Waals surface area contributed by atoms with Gasteiger partial charge in [0.1, 0.15) is 0 Å². The average molecular weight is 398 g/mol. The van der Waals surface area contributed by atoms with E-state index in [1.54, 1.807) is 48.3 Å². The van der Waals surface area contributed by atoms with Crippen LogP contribution in [0, 0.1) is 0 Å². The Bertz CT molecular complexity index is 791. The predicted molar refractivity (Wildman–Crippen MR) is 105 cm³/mol. The van der Waals surface area contributed by atoms with Gasteiger partial charge in [0.25, 0.3) is 5.91 Å². The van der Waals surface area contributed by atoms with Crippen LogP contribution < -0.4 is 0 Å². The fraction of sp³-hybridized carbons (Fsp3) is 0.316. The summed E-state index contributed by atoms with van der Waals surface area (Å²) in [7, 11) is 0.668. The molecular formula is C19H21Cl2NO2S. The number of hydrogen-bond acceptors (Lipinski definition) is 2. The fourth-order valence-corrected chi connectivity index (χ4v) is 3.95.